The van der Waals surface area contributed by atoms with Crippen molar-refractivity contribution in [3.05, 3.63) is 70.6 Å². The number of methoxy groups -OCH3 is 2. The van der Waals surface area contributed by atoms with Gasteiger partial charge in [-0.15, -0.1) is 0 Å². The van der Waals surface area contributed by atoms with Crippen LogP contribution in [0.25, 0.3) is 0 Å². The largest absolute Gasteiger partial charge is 0.497 e. The van der Waals surface area contributed by atoms with Crippen molar-refractivity contribution in [3.63, 3.8) is 0 Å². The van der Waals surface area contributed by atoms with Crippen LogP contribution in [-0.4, -0.2) is 61.3 Å². The standard InChI is InChI=1S/C26H31N3O5/c1-18-24(19(2)34-27-18)17-33-23-7-5-6-20(14-23)26(30)29-12-10-28(11-13-29)16-21-15-22(31-3)8-9-25(21)32-4/h5-9,14-15H,10-13,16-17H2,1-4H3. The summed E-state index contributed by atoms with van der Waals surface area (Å²) in [5.74, 6) is 3.05. The van der Waals surface area contributed by atoms with Crippen LogP contribution in [0, 0.1) is 13.8 Å². The number of rotatable bonds is 8. The second-order valence-corrected chi connectivity index (χ2v) is 8.37. The van der Waals surface area contributed by atoms with Crippen LogP contribution in [-0.2, 0) is 13.2 Å². The molecule has 0 saturated carbocycles. The van der Waals surface area contributed by atoms with Gasteiger partial charge < -0.3 is 23.6 Å². The fourth-order valence-electron chi connectivity index (χ4n) is 4.12. The van der Waals surface area contributed by atoms with Crippen molar-refractivity contribution in [1.82, 2.24) is 15.0 Å². The molecule has 0 spiro atoms. The van der Waals surface area contributed by atoms with Gasteiger partial charge in [0, 0.05) is 43.9 Å². The molecule has 1 fully saturated rings. The number of piperazine rings is 1. The van der Waals surface area contributed by atoms with Crippen molar-refractivity contribution >= 4 is 5.91 Å². The van der Waals surface area contributed by atoms with E-state index in [4.69, 9.17) is 18.7 Å². The SMILES string of the molecule is COc1ccc(OC)c(CN2CCN(C(=O)c3cccc(OCc4c(C)noc4C)c3)CC2)c1. The lowest BCUT2D eigenvalue weighted by Gasteiger charge is -2.35. The third kappa shape index (κ3) is 5.34. The van der Waals surface area contributed by atoms with Crippen LogP contribution in [0.4, 0.5) is 0 Å². The van der Waals surface area contributed by atoms with Gasteiger partial charge in [-0.2, -0.15) is 0 Å². The molecule has 0 atom stereocenters. The molecule has 0 radical (unpaired) electrons. The average molecular weight is 466 g/mol. The van der Waals surface area contributed by atoms with Gasteiger partial charge in [-0.1, -0.05) is 11.2 Å². The number of carbonyl (C=O) groups excluding carboxylic acids is 1. The second kappa shape index (κ2) is 10.6. The molecule has 1 aromatic heterocycles. The Morgan fingerprint density at radius 1 is 1.00 bits per heavy atom. The number of carbonyl (C=O) groups is 1. The summed E-state index contributed by atoms with van der Waals surface area (Å²) in [7, 11) is 3.33. The molecule has 1 aliphatic rings. The normalized spacial score (nSPS) is 14.2. The highest BCUT2D eigenvalue weighted by Crippen LogP contribution is 2.26. The number of nitrogens with zero attached hydrogens (tertiary/aromatic N) is 3. The second-order valence-electron chi connectivity index (χ2n) is 8.37. The Morgan fingerprint density at radius 3 is 2.47 bits per heavy atom. The molecule has 1 aliphatic heterocycles. The predicted molar refractivity (Wildman–Crippen MR) is 127 cm³/mol. The first-order valence-corrected chi connectivity index (χ1v) is 11.4. The first kappa shape index (κ1) is 23.6. The zero-order valence-electron chi connectivity index (χ0n) is 20.2. The lowest BCUT2D eigenvalue weighted by Crippen LogP contribution is -2.48. The smallest absolute Gasteiger partial charge is 0.254 e. The predicted octanol–water partition coefficient (Wildman–Crippen LogP) is 3.85. The number of hydrogen-bond acceptors (Lipinski definition) is 7. The van der Waals surface area contributed by atoms with Gasteiger partial charge in [-0.25, -0.2) is 0 Å². The third-order valence-corrected chi connectivity index (χ3v) is 6.19. The molecule has 2 heterocycles. The first-order chi connectivity index (χ1) is 16.5. The monoisotopic (exact) mass is 465 g/mol. The Balaban J connectivity index is 1.34. The number of aryl methyl sites for hydroxylation is 2. The molecule has 0 N–H and O–H groups in total. The number of aromatic nitrogens is 1. The van der Waals surface area contributed by atoms with Crippen molar-refractivity contribution in [1.29, 1.82) is 0 Å². The van der Waals surface area contributed by atoms with Crippen LogP contribution in [0.5, 0.6) is 17.2 Å². The van der Waals surface area contributed by atoms with Crippen molar-refractivity contribution < 1.29 is 23.5 Å². The minimum Gasteiger partial charge on any atom is -0.497 e. The van der Waals surface area contributed by atoms with Gasteiger partial charge >= 0.3 is 0 Å². The van der Waals surface area contributed by atoms with Crippen LogP contribution < -0.4 is 14.2 Å². The first-order valence-electron chi connectivity index (χ1n) is 11.4. The minimum absolute atomic E-state index is 0.0152. The maximum absolute atomic E-state index is 13.1. The summed E-state index contributed by atoms with van der Waals surface area (Å²) in [5.41, 5.74) is 3.44. The molecule has 34 heavy (non-hydrogen) atoms. The summed E-state index contributed by atoms with van der Waals surface area (Å²) in [6.07, 6.45) is 0. The number of amides is 1. The van der Waals surface area contributed by atoms with Crippen LogP contribution in [0.2, 0.25) is 0 Å². The molecular formula is C26H31N3O5. The van der Waals surface area contributed by atoms with Gasteiger partial charge in [0.25, 0.3) is 5.91 Å². The highest BCUT2D eigenvalue weighted by molar-refractivity contribution is 5.94. The number of benzene rings is 2. The van der Waals surface area contributed by atoms with Gasteiger partial charge in [-0.3, -0.25) is 9.69 Å². The topological polar surface area (TPSA) is 77.3 Å². The quantitative estimate of drug-likeness (QED) is 0.500. The van der Waals surface area contributed by atoms with Gasteiger partial charge in [0.15, 0.2) is 0 Å². The molecule has 1 saturated heterocycles. The zero-order valence-corrected chi connectivity index (χ0v) is 20.2. The van der Waals surface area contributed by atoms with Gasteiger partial charge in [0.1, 0.15) is 29.6 Å². The van der Waals surface area contributed by atoms with Crippen molar-refractivity contribution in [3.8, 4) is 17.2 Å². The molecule has 2 aromatic carbocycles. The Morgan fingerprint density at radius 2 is 1.79 bits per heavy atom. The van der Waals surface area contributed by atoms with E-state index < -0.39 is 0 Å². The van der Waals surface area contributed by atoms with Crippen molar-refractivity contribution in [2.45, 2.75) is 27.0 Å². The van der Waals surface area contributed by atoms with Gasteiger partial charge in [0.2, 0.25) is 0 Å². The fourth-order valence-corrected chi connectivity index (χ4v) is 4.12. The minimum atomic E-state index is 0.0152. The van der Waals surface area contributed by atoms with E-state index >= 15 is 0 Å². The number of hydrogen-bond donors (Lipinski definition) is 0. The molecule has 4 rings (SSSR count). The molecule has 3 aromatic rings. The molecule has 1 amide bonds. The molecule has 180 valence electrons. The molecule has 0 aliphatic carbocycles. The van der Waals surface area contributed by atoms with Gasteiger partial charge in [0.05, 0.1) is 25.5 Å². The Labute approximate surface area is 200 Å². The molecule has 8 heteroatoms. The van der Waals surface area contributed by atoms with E-state index in [2.05, 4.69) is 10.1 Å². The van der Waals surface area contributed by atoms with E-state index in [1.54, 1.807) is 20.3 Å². The lowest BCUT2D eigenvalue weighted by molar-refractivity contribution is 0.0627. The number of ether oxygens (including phenoxy) is 3. The summed E-state index contributed by atoms with van der Waals surface area (Å²) in [6.45, 7) is 7.74. The van der Waals surface area contributed by atoms with E-state index in [-0.39, 0.29) is 5.91 Å². The van der Waals surface area contributed by atoms with Gasteiger partial charge in [-0.05, 0) is 50.2 Å². The fraction of sp³-hybridized carbons (Fsp3) is 0.385. The van der Waals surface area contributed by atoms with Crippen molar-refractivity contribution in [2.75, 3.05) is 40.4 Å². The van der Waals surface area contributed by atoms with E-state index in [0.717, 1.165) is 53.7 Å². The van der Waals surface area contributed by atoms with Crippen molar-refractivity contribution in [2.24, 2.45) is 0 Å². The van der Waals surface area contributed by atoms with Crippen LogP contribution in [0.3, 0.4) is 0 Å². The van der Waals surface area contributed by atoms with Crippen LogP contribution in [0.1, 0.15) is 32.9 Å². The molecule has 8 nitrogen and oxygen atoms in total. The highest BCUT2D eigenvalue weighted by atomic mass is 16.5. The Kier molecular flexibility index (Phi) is 7.37. The van der Waals surface area contributed by atoms with E-state index in [0.29, 0.717) is 31.0 Å². The molecule has 0 bridgehead atoms. The third-order valence-electron chi connectivity index (χ3n) is 6.19. The van der Waals surface area contributed by atoms with E-state index in [1.165, 1.54) is 0 Å². The van der Waals surface area contributed by atoms with Crippen LogP contribution in [0.15, 0.2) is 47.0 Å². The van der Waals surface area contributed by atoms with E-state index in [9.17, 15) is 4.79 Å². The average Bonchev–Trinajstić information content (AvgIpc) is 3.19. The molecule has 0 unspecified atom stereocenters. The summed E-state index contributed by atoms with van der Waals surface area (Å²) in [5, 5.41) is 3.95. The zero-order chi connectivity index (χ0) is 24.1. The summed E-state index contributed by atoms with van der Waals surface area (Å²) < 4.78 is 22.0. The molecular weight excluding hydrogens is 434 g/mol. The Bertz CT molecular complexity index is 1120. The highest BCUT2D eigenvalue weighted by Gasteiger charge is 2.23. The summed E-state index contributed by atoms with van der Waals surface area (Å²) in [4.78, 5) is 17.4. The van der Waals surface area contributed by atoms with E-state index in [1.807, 2.05) is 55.1 Å². The van der Waals surface area contributed by atoms with Crippen LogP contribution >= 0.6 is 0 Å². The Hall–Kier alpha value is -3.52. The maximum atomic E-state index is 13.1. The lowest BCUT2D eigenvalue weighted by atomic mass is 10.1. The summed E-state index contributed by atoms with van der Waals surface area (Å²) >= 11 is 0. The summed E-state index contributed by atoms with van der Waals surface area (Å²) in [6, 6.07) is 13.2. The maximum Gasteiger partial charge on any atom is 0.254 e.